The Morgan fingerprint density at radius 1 is 1.27 bits per heavy atom. The van der Waals surface area contributed by atoms with Gasteiger partial charge in [-0.15, -0.1) is 0 Å². The third kappa shape index (κ3) is 1.78. The molecule has 0 spiro atoms. The molecule has 82 valence electrons. The lowest BCUT2D eigenvalue weighted by Crippen LogP contribution is -2.34. The minimum absolute atomic E-state index is 0.0550. The van der Waals surface area contributed by atoms with E-state index < -0.39 is 5.60 Å². The third-order valence-electron chi connectivity index (χ3n) is 2.86. The highest BCUT2D eigenvalue weighted by atomic mass is 16.5. The molecule has 0 unspecified atom stereocenters. The number of nitrogens with two attached hydrogens (primary N) is 1. The molecule has 0 radical (unpaired) electrons. The second-order valence-electron chi connectivity index (χ2n) is 3.89. The van der Waals surface area contributed by atoms with Crippen LogP contribution in [-0.4, -0.2) is 23.4 Å². The van der Waals surface area contributed by atoms with E-state index in [4.69, 9.17) is 10.5 Å². The summed E-state index contributed by atoms with van der Waals surface area (Å²) in [5, 5.41) is 20.1. The van der Waals surface area contributed by atoms with Crippen LogP contribution >= 0.6 is 0 Å². The first-order chi connectivity index (χ1) is 7.13. The standard InChI is InChI=1S/C11H15NO3/c12-8-2-1-3-9(13)10(8)11(14)4-6-15-7-5-11/h1-3,13-14H,4-7,12H2. The lowest BCUT2D eigenvalue weighted by Gasteiger charge is -2.33. The summed E-state index contributed by atoms with van der Waals surface area (Å²) in [6.45, 7) is 0.981. The van der Waals surface area contributed by atoms with Crippen LogP contribution in [0.2, 0.25) is 0 Å². The van der Waals surface area contributed by atoms with E-state index in [0.29, 0.717) is 37.3 Å². The van der Waals surface area contributed by atoms with Gasteiger partial charge >= 0.3 is 0 Å². The third-order valence-corrected chi connectivity index (χ3v) is 2.86. The van der Waals surface area contributed by atoms with E-state index in [9.17, 15) is 10.2 Å². The highest BCUT2D eigenvalue weighted by Crippen LogP contribution is 2.40. The van der Waals surface area contributed by atoms with Gasteiger partial charge in [-0.3, -0.25) is 0 Å². The average Bonchev–Trinajstić information content (AvgIpc) is 2.18. The number of benzene rings is 1. The maximum Gasteiger partial charge on any atom is 0.123 e. The van der Waals surface area contributed by atoms with Gasteiger partial charge in [-0.05, 0) is 12.1 Å². The van der Waals surface area contributed by atoms with Gasteiger partial charge in [0.2, 0.25) is 0 Å². The summed E-state index contributed by atoms with van der Waals surface area (Å²) in [4.78, 5) is 0. The van der Waals surface area contributed by atoms with Crippen LogP contribution in [0.15, 0.2) is 18.2 Å². The predicted molar refractivity (Wildman–Crippen MR) is 56.5 cm³/mol. The molecule has 0 atom stereocenters. The minimum atomic E-state index is -1.05. The molecule has 4 nitrogen and oxygen atoms in total. The van der Waals surface area contributed by atoms with Gasteiger partial charge in [-0.1, -0.05) is 6.07 Å². The molecule has 1 aromatic rings. The fraction of sp³-hybridized carbons (Fsp3) is 0.455. The van der Waals surface area contributed by atoms with E-state index in [1.54, 1.807) is 18.2 Å². The molecule has 4 N–H and O–H groups in total. The van der Waals surface area contributed by atoms with Crippen molar-refractivity contribution >= 4 is 5.69 Å². The van der Waals surface area contributed by atoms with E-state index in [1.165, 1.54) is 0 Å². The van der Waals surface area contributed by atoms with Crippen LogP contribution in [0.4, 0.5) is 5.69 Å². The zero-order valence-corrected chi connectivity index (χ0v) is 8.44. The predicted octanol–water partition coefficient (Wildman–Crippen LogP) is 0.972. The highest BCUT2D eigenvalue weighted by Gasteiger charge is 2.35. The van der Waals surface area contributed by atoms with Gasteiger partial charge < -0.3 is 20.7 Å². The van der Waals surface area contributed by atoms with Gasteiger partial charge in [0, 0.05) is 37.3 Å². The molecule has 0 aromatic heterocycles. The van der Waals surface area contributed by atoms with Crippen molar-refractivity contribution in [3.05, 3.63) is 23.8 Å². The second-order valence-corrected chi connectivity index (χ2v) is 3.89. The molecule has 0 aliphatic carbocycles. The summed E-state index contributed by atoms with van der Waals surface area (Å²) < 4.78 is 5.18. The molecule has 1 aromatic carbocycles. The zero-order valence-electron chi connectivity index (χ0n) is 8.44. The number of phenols is 1. The van der Waals surface area contributed by atoms with Crippen LogP contribution in [0, 0.1) is 0 Å². The van der Waals surface area contributed by atoms with Crippen LogP contribution in [-0.2, 0) is 10.3 Å². The topological polar surface area (TPSA) is 75.7 Å². The van der Waals surface area contributed by atoms with Crippen LogP contribution in [0.25, 0.3) is 0 Å². The molecular formula is C11H15NO3. The van der Waals surface area contributed by atoms with Gasteiger partial charge in [0.25, 0.3) is 0 Å². The Morgan fingerprint density at radius 3 is 2.53 bits per heavy atom. The lowest BCUT2D eigenvalue weighted by atomic mass is 9.85. The van der Waals surface area contributed by atoms with Crippen molar-refractivity contribution in [2.45, 2.75) is 18.4 Å². The quantitative estimate of drug-likeness (QED) is 0.602. The fourth-order valence-electron chi connectivity index (χ4n) is 2.02. The number of rotatable bonds is 1. The van der Waals surface area contributed by atoms with E-state index >= 15 is 0 Å². The number of aromatic hydroxyl groups is 1. The van der Waals surface area contributed by atoms with Gasteiger partial charge in [0.1, 0.15) is 5.75 Å². The molecule has 1 heterocycles. The van der Waals surface area contributed by atoms with Gasteiger partial charge in [-0.25, -0.2) is 0 Å². The van der Waals surface area contributed by atoms with E-state index in [1.807, 2.05) is 0 Å². The molecule has 15 heavy (non-hydrogen) atoms. The molecule has 1 aliphatic heterocycles. The largest absolute Gasteiger partial charge is 0.507 e. The second kappa shape index (κ2) is 3.72. The number of phenolic OH excluding ortho intramolecular Hbond substituents is 1. The first-order valence-corrected chi connectivity index (χ1v) is 5.01. The maximum absolute atomic E-state index is 10.4. The number of ether oxygens (including phenoxy) is 1. The van der Waals surface area contributed by atoms with Crippen molar-refractivity contribution in [3.63, 3.8) is 0 Å². The van der Waals surface area contributed by atoms with Crippen molar-refractivity contribution in [2.75, 3.05) is 18.9 Å². The Bertz CT molecular complexity index is 339. The Balaban J connectivity index is 2.42. The molecule has 1 saturated heterocycles. The summed E-state index contributed by atoms with van der Waals surface area (Å²) in [7, 11) is 0. The fourth-order valence-corrected chi connectivity index (χ4v) is 2.02. The maximum atomic E-state index is 10.4. The number of nitrogen functional groups attached to an aromatic ring is 1. The van der Waals surface area contributed by atoms with Gasteiger partial charge in [-0.2, -0.15) is 0 Å². The molecule has 0 bridgehead atoms. The monoisotopic (exact) mass is 209 g/mol. The summed E-state index contributed by atoms with van der Waals surface area (Å²) >= 11 is 0. The first-order valence-electron chi connectivity index (χ1n) is 5.01. The van der Waals surface area contributed by atoms with E-state index in [2.05, 4.69) is 0 Å². The molecule has 1 fully saturated rings. The Morgan fingerprint density at radius 2 is 1.93 bits per heavy atom. The Kier molecular flexibility index (Phi) is 2.54. The van der Waals surface area contributed by atoms with Crippen LogP contribution < -0.4 is 5.73 Å². The Labute approximate surface area is 88.3 Å². The highest BCUT2D eigenvalue weighted by molar-refractivity contribution is 5.56. The van der Waals surface area contributed by atoms with Gasteiger partial charge in [0.05, 0.1) is 5.60 Å². The normalized spacial score (nSPS) is 20.1. The molecule has 1 aliphatic rings. The summed E-state index contributed by atoms with van der Waals surface area (Å²) in [6.07, 6.45) is 0.934. The molecule has 0 amide bonds. The van der Waals surface area contributed by atoms with Crippen LogP contribution in [0.5, 0.6) is 5.75 Å². The van der Waals surface area contributed by atoms with Crippen molar-refractivity contribution < 1.29 is 14.9 Å². The number of aliphatic hydroxyl groups is 1. The lowest BCUT2D eigenvalue weighted by molar-refractivity contribution is -0.0684. The van der Waals surface area contributed by atoms with E-state index in [-0.39, 0.29) is 5.75 Å². The number of anilines is 1. The summed E-state index contributed by atoms with van der Waals surface area (Å²) in [5.41, 5.74) is 5.60. The Hall–Kier alpha value is -1.26. The molecule has 2 rings (SSSR count). The van der Waals surface area contributed by atoms with Crippen LogP contribution in [0.1, 0.15) is 18.4 Å². The summed E-state index contributed by atoms with van der Waals surface area (Å²) in [5.74, 6) is 0.0550. The molecular weight excluding hydrogens is 194 g/mol. The average molecular weight is 209 g/mol. The van der Waals surface area contributed by atoms with Crippen molar-refractivity contribution in [1.82, 2.24) is 0 Å². The molecule has 4 heteroatoms. The van der Waals surface area contributed by atoms with E-state index in [0.717, 1.165) is 0 Å². The summed E-state index contributed by atoms with van der Waals surface area (Å²) in [6, 6.07) is 4.89. The van der Waals surface area contributed by atoms with Crippen molar-refractivity contribution in [3.8, 4) is 5.75 Å². The molecule has 0 saturated carbocycles. The minimum Gasteiger partial charge on any atom is -0.507 e. The van der Waals surface area contributed by atoms with Crippen molar-refractivity contribution in [1.29, 1.82) is 0 Å². The smallest absolute Gasteiger partial charge is 0.123 e. The van der Waals surface area contributed by atoms with Gasteiger partial charge in [0.15, 0.2) is 0 Å². The first kappa shape index (κ1) is 10.3. The SMILES string of the molecule is Nc1cccc(O)c1C1(O)CCOCC1. The van der Waals surface area contributed by atoms with Crippen molar-refractivity contribution in [2.24, 2.45) is 0 Å². The number of hydrogen-bond donors (Lipinski definition) is 3. The van der Waals surface area contributed by atoms with Crippen LogP contribution in [0.3, 0.4) is 0 Å². The number of hydrogen-bond acceptors (Lipinski definition) is 4. The zero-order chi connectivity index (χ0) is 10.9.